The summed E-state index contributed by atoms with van der Waals surface area (Å²) in [5.41, 5.74) is 0. The van der Waals surface area contributed by atoms with Gasteiger partial charge in [0, 0.05) is 42.7 Å². The second-order valence-electron chi connectivity index (χ2n) is 4.09. The van der Waals surface area contributed by atoms with Crippen LogP contribution >= 0.6 is 0 Å². The first-order chi connectivity index (χ1) is 10.6. The molecule has 0 aromatic rings. The summed E-state index contributed by atoms with van der Waals surface area (Å²) in [5, 5.41) is 0. The van der Waals surface area contributed by atoms with Crippen LogP contribution in [0.25, 0.3) is 0 Å². The Labute approximate surface area is 134 Å². The van der Waals surface area contributed by atoms with Crippen molar-refractivity contribution in [2.45, 2.75) is 0 Å². The van der Waals surface area contributed by atoms with Gasteiger partial charge in [-0.05, 0) is 0 Å². The molecule has 0 bridgehead atoms. The molecule has 0 aliphatic carbocycles. The van der Waals surface area contributed by atoms with Crippen molar-refractivity contribution in [2.75, 3.05) is 68.3 Å². The molecule has 0 saturated heterocycles. The van der Waals surface area contributed by atoms with E-state index in [0.29, 0.717) is 13.2 Å². The highest BCUT2D eigenvalue weighted by atomic mass is 28.4. The molecule has 0 rings (SSSR count). The van der Waals surface area contributed by atoms with Crippen molar-refractivity contribution in [1.82, 2.24) is 0 Å². The van der Waals surface area contributed by atoms with Gasteiger partial charge in [-0.3, -0.25) is 0 Å². The number of ether oxygens (including phenoxy) is 2. The molecule has 0 aromatic heterocycles. The largest absolute Gasteiger partial charge is 0.527 e. The second-order valence-corrected chi connectivity index (χ2v) is 9.85. The van der Waals surface area contributed by atoms with Crippen LogP contribution in [0.4, 0.5) is 0 Å². The van der Waals surface area contributed by atoms with Gasteiger partial charge in [0.1, 0.15) is 12.5 Å². The summed E-state index contributed by atoms with van der Waals surface area (Å²) in [7, 11) is 3.94. The van der Waals surface area contributed by atoms with E-state index in [1.165, 1.54) is 0 Å². The fourth-order valence-corrected chi connectivity index (χ4v) is 3.94. The zero-order chi connectivity index (χ0) is 16.9. The lowest BCUT2D eigenvalue weighted by Crippen LogP contribution is -2.48. The number of rotatable bonds is 14. The topological polar surface area (TPSA) is 73.8 Å². The van der Waals surface area contributed by atoms with Gasteiger partial charge in [-0.2, -0.15) is 0 Å². The lowest BCUT2D eigenvalue weighted by molar-refractivity contribution is 0.0694. The molecule has 0 heterocycles. The van der Waals surface area contributed by atoms with Crippen LogP contribution in [0.15, 0.2) is 12.2 Å². The van der Waals surface area contributed by atoms with Crippen molar-refractivity contribution in [1.29, 1.82) is 0 Å². The summed E-state index contributed by atoms with van der Waals surface area (Å²) in [4.78, 5) is 0. The molecule has 8 nitrogen and oxygen atoms in total. The third-order valence-electron chi connectivity index (χ3n) is 3.02. The molecule has 0 N–H and O–H groups in total. The van der Waals surface area contributed by atoms with Crippen LogP contribution in [0.5, 0.6) is 0 Å². The van der Waals surface area contributed by atoms with Gasteiger partial charge < -0.3 is 36.0 Å². The molecule has 0 spiro atoms. The van der Waals surface area contributed by atoms with Crippen LogP contribution in [0.1, 0.15) is 0 Å². The molecule has 0 atom stereocenters. The maximum absolute atomic E-state index is 5.46. The zero-order valence-corrected chi connectivity index (χ0v) is 16.2. The van der Waals surface area contributed by atoms with Crippen molar-refractivity contribution >= 4 is 17.6 Å². The summed E-state index contributed by atoms with van der Waals surface area (Å²) in [6, 6.07) is 0. The predicted molar refractivity (Wildman–Crippen MR) is 84.3 cm³/mol. The van der Waals surface area contributed by atoms with Crippen LogP contribution < -0.4 is 0 Å². The lowest BCUT2D eigenvalue weighted by atomic mass is 10.5. The number of hydrogen-bond acceptors (Lipinski definition) is 8. The Balaban J connectivity index is 3.89. The average molecular weight is 357 g/mol. The van der Waals surface area contributed by atoms with E-state index in [4.69, 9.17) is 36.0 Å². The Morgan fingerprint density at radius 2 is 0.818 bits per heavy atom. The van der Waals surface area contributed by atoms with Crippen LogP contribution in [-0.2, 0) is 36.0 Å². The lowest BCUT2D eigenvalue weighted by Gasteiger charge is -2.23. The predicted octanol–water partition coefficient (Wildman–Crippen LogP) is 0.410. The fourth-order valence-electron chi connectivity index (χ4n) is 1.49. The van der Waals surface area contributed by atoms with E-state index < -0.39 is 17.6 Å². The van der Waals surface area contributed by atoms with Crippen LogP contribution in [0.2, 0.25) is 0 Å². The molecule has 0 fully saturated rings. The molecular formula is C12H28O8Si2. The highest BCUT2D eigenvalue weighted by Gasteiger charge is 2.39. The minimum Gasteiger partial charge on any atom is -0.375 e. The smallest absolute Gasteiger partial charge is 0.375 e. The summed E-state index contributed by atoms with van der Waals surface area (Å²) >= 11 is 0. The van der Waals surface area contributed by atoms with Crippen molar-refractivity contribution < 1.29 is 36.0 Å². The second kappa shape index (κ2) is 12.3. The Bertz CT molecular complexity index is 250. The molecular weight excluding hydrogens is 328 g/mol. The minimum absolute atomic E-state index is 0.286. The van der Waals surface area contributed by atoms with E-state index in [1.54, 1.807) is 42.7 Å². The van der Waals surface area contributed by atoms with Crippen molar-refractivity contribution in [2.24, 2.45) is 0 Å². The first-order valence-electron chi connectivity index (χ1n) is 6.69. The molecule has 10 heteroatoms. The third kappa shape index (κ3) is 7.41. The first-order valence-corrected chi connectivity index (χ1v) is 10.5. The maximum Gasteiger partial charge on any atom is 0.527 e. The Hall–Kier alpha value is -0.146. The van der Waals surface area contributed by atoms with Crippen molar-refractivity contribution in [3.8, 4) is 0 Å². The molecule has 0 radical (unpaired) electrons. The van der Waals surface area contributed by atoms with E-state index >= 15 is 0 Å². The molecule has 22 heavy (non-hydrogen) atoms. The van der Waals surface area contributed by atoms with Gasteiger partial charge in [0.15, 0.2) is 0 Å². The molecule has 132 valence electrons. The summed E-state index contributed by atoms with van der Waals surface area (Å²) in [6.07, 6.45) is 4.26. The van der Waals surface area contributed by atoms with E-state index in [-0.39, 0.29) is 12.5 Å². The Kier molecular flexibility index (Phi) is 12.2. The van der Waals surface area contributed by atoms with Gasteiger partial charge in [-0.15, -0.1) is 0 Å². The van der Waals surface area contributed by atoms with Gasteiger partial charge in [0.2, 0.25) is 0 Å². The maximum atomic E-state index is 5.46. The summed E-state index contributed by atoms with van der Waals surface area (Å²) in [5.74, 6) is 0. The summed E-state index contributed by atoms with van der Waals surface area (Å²) < 4.78 is 42.4. The Morgan fingerprint density at radius 3 is 1.05 bits per heavy atom. The van der Waals surface area contributed by atoms with E-state index in [9.17, 15) is 0 Å². The standard InChI is InChI=1S/C12H28O8Si2/c1-13-21(14-2,15-3)11-19-9-7-8-10-20-12-22(16-4,17-5)18-6/h7-8H,9-12H2,1-6H3/b8-7+. The molecule has 0 aromatic carbocycles. The van der Waals surface area contributed by atoms with Crippen molar-refractivity contribution in [3.63, 3.8) is 0 Å². The van der Waals surface area contributed by atoms with E-state index in [1.807, 2.05) is 12.2 Å². The van der Waals surface area contributed by atoms with E-state index in [2.05, 4.69) is 0 Å². The fraction of sp³-hybridized carbons (Fsp3) is 0.833. The van der Waals surface area contributed by atoms with Gasteiger partial charge in [-0.25, -0.2) is 0 Å². The molecule has 0 aliphatic rings. The highest BCUT2D eigenvalue weighted by Crippen LogP contribution is 2.07. The SMILES string of the molecule is CO[Si](COC/C=C/COC[Si](OC)(OC)OC)(OC)OC. The van der Waals surface area contributed by atoms with Gasteiger partial charge in [-0.1, -0.05) is 12.2 Å². The highest BCUT2D eigenvalue weighted by molar-refractivity contribution is 6.60. The molecule has 0 amide bonds. The van der Waals surface area contributed by atoms with Crippen LogP contribution in [0.3, 0.4) is 0 Å². The quantitative estimate of drug-likeness (QED) is 0.252. The van der Waals surface area contributed by atoms with Gasteiger partial charge in [0.25, 0.3) is 0 Å². The van der Waals surface area contributed by atoms with Gasteiger partial charge >= 0.3 is 17.6 Å². The molecule has 0 unspecified atom stereocenters. The normalized spacial score (nSPS) is 13.2. The minimum atomic E-state index is -2.66. The number of hydrogen-bond donors (Lipinski definition) is 0. The Morgan fingerprint density at radius 1 is 0.545 bits per heavy atom. The van der Waals surface area contributed by atoms with Gasteiger partial charge in [0.05, 0.1) is 13.2 Å². The van der Waals surface area contributed by atoms with Crippen LogP contribution in [-0.4, -0.2) is 85.9 Å². The monoisotopic (exact) mass is 356 g/mol. The van der Waals surface area contributed by atoms with E-state index in [0.717, 1.165) is 0 Å². The third-order valence-corrected chi connectivity index (χ3v) is 7.87. The van der Waals surface area contributed by atoms with Crippen LogP contribution in [0, 0.1) is 0 Å². The summed E-state index contributed by atoms with van der Waals surface area (Å²) in [6.45, 7) is 0.825. The zero-order valence-electron chi connectivity index (χ0n) is 14.2. The van der Waals surface area contributed by atoms with Crippen molar-refractivity contribution in [3.05, 3.63) is 12.2 Å². The average Bonchev–Trinajstić information content (AvgIpc) is 2.58. The first kappa shape index (κ1) is 21.9. The molecule has 0 saturated carbocycles. The molecule has 0 aliphatic heterocycles.